The first-order chi connectivity index (χ1) is 9.56. The second-order valence-electron chi connectivity index (χ2n) is 5.82. The molecule has 1 aromatic carbocycles. The van der Waals surface area contributed by atoms with Gasteiger partial charge in [-0.3, -0.25) is 0 Å². The third-order valence-electron chi connectivity index (χ3n) is 4.05. The van der Waals surface area contributed by atoms with Crippen molar-refractivity contribution in [2.45, 2.75) is 44.3 Å². The van der Waals surface area contributed by atoms with Gasteiger partial charge in [-0.1, -0.05) is 18.6 Å². The molecule has 1 aliphatic rings. The molecule has 2 aromatic rings. The smallest absolute Gasteiger partial charge is 0.170 e. The number of nitrogens with one attached hydrogen (secondary N) is 1. The van der Waals surface area contributed by atoms with E-state index in [1.165, 1.54) is 13.0 Å². The number of para-hydroxylation sites is 1. The molecule has 0 radical (unpaired) electrons. The first kappa shape index (κ1) is 13.6. The summed E-state index contributed by atoms with van der Waals surface area (Å²) in [5.41, 5.74) is -1.44. The van der Waals surface area contributed by atoms with Crippen LogP contribution in [0.4, 0.5) is 8.78 Å². The first-order valence-electron chi connectivity index (χ1n) is 7.17. The van der Waals surface area contributed by atoms with Crippen molar-refractivity contribution >= 4 is 11.0 Å². The summed E-state index contributed by atoms with van der Waals surface area (Å²) >= 11 is 0. The molecule has 0 amide bonds. The minimum Gasteiger partial charge on any atom is -0.455 e. The summed E-state index contributed by atoms with van der Waals surface area (Å²) in [7, 11) is 0. The largest absolute Gasteiger partial charge is 0.455 e. The second-order valence-corrected chi connectivity index (χ2v) is 5.82. The normalized spacial score (nSPS) is 22.9. The Labute approximate surface area is 117 Å². The molecule has 0 saturated carbocycles. The van der Waals surface area contributed by atoms with E-state index in [0.29, 0.717) is 11.8 Å². The number of fused-ring (bicyclic) bond motifs is 1. The molecule has 0 bridgehead atoms. The van der Waals surface area contributed by atoms with Crippen LogP contribution < -0.4 is 5.32 Å². The summed E-state index contributed by atoms with van der Waals surface area (Å²) < 4.78 is 34.0. The molecule has 1 aliphatic heterocycles. The Kier molecular flexibility index (Phi) is 3.50. The molecule has 1 aromatic heterocycles. The maximum Gasteiger partial charge on any atom is 0.170 e. The van der Waals surface area contributed by atoms with E-state index in [1.807, 2.05) is 0 Å². The zero-order chi connectivity index (χ0) is 14.2. The first-order valence-corrected chi connectivity index (χ1v) is 7.17. The summed E-state index contributed by atoms with van der Waals surface area (Å²) in [4.78, 5) is 0. The van der Waals surface area contributed by atoms with E-state index in [-0.39, 0.29) is 17.4 Å². The summed E-state index contributed by atoms with van der Waals surface area (Å²) in [5.74, 6) is -0.231. The Morgan fingerprint density at radius 3 is 2.95 bits per heavy atom. The predicted octanol–water partition coefficient (Wildman–Crippen LogP) is 4.29. The van der Waals surface area contributed by atoms with Gasteiger partial charge in [-0.25, -0.2) is 8.78 Å². The lowest BCUT2D eigenvalue weighted by atomic mass is 9.91. The van der Waals surface area contributed by atoms with Crippen LogP contribution in [0.15, 0.2) is 28.7 Å². The average Bonchev–Trinajstić information content (AvgIpc) is 2.86. The standard InChI is InChI=1S/C16H19F2NO/c1-16(18,10-12-6-2-3-8-19-12)14-9-11-5-4-7-13(17)15(11)20-14/h4-5,7,9,12,19H,2-3,6,8,10H2,1H3. The minimum absolute atomic E-state index is 0.142. The Balaban J connectivity index is 1.86. The summed E-state index contributed by atoms with van der Waals surface area (Å²) in [5, 5.41) is 3.95. The fourth-order valence-corrected chi connectivity index (χ4v) is 2.95. The molecule has 2 nitrogen and oxygen atoms in total. The monoisotopic (exact) mass is 279 g/mol. The fraction of sp³-hybridized carbons (Fsp3) is 0.500. The van der Waals surface area contributed by atoms with Crippen LogP contribution in [0, 0.1) is 5.82 Å². The van der Waals surface area contributed by atoms with Gasteiger partial charge < -0.3 is 9.73 Å². The van der Waals surface area contributed by atoms with Crippen molar-refractivity contribution in [2.75, 3.05) is 6.54 Å². The molecule has 3 rings (SSSR count). The molecule has 2 atom stereocenters. The molecular weight excluding hydrogens is 260 g/mol. The van der Waals surface area contributed by atoms with E-state index in [0.717, 1.165) is 25.8 Å². The van der Waals surface area contributed by atoms with Gasteiger partial charge in [0.05, 0.1) is 0 Å². The Morgan fingerprint density at radius 1 is 1.40 bits per heavy atom. The van der Waals surface area contributed by atoms with Crippen LogP contribution in [0.25, 0.3) is 11.0 Å². The highest BCUT2D eigenvalue weighted by molar-refractivity contribution is 5.78. The Bertz CT molecular complexity index is 600. The molecule has 1 saturated heterocycles. The van der Waals surface area contributed by atoms with Gasteiger partial charge in [0.2, 0.25) is 0 Å². The van der Waals surface area contributed by atoms with Crippen LogP contribution in [0.3, 0.4) is 0 Å². The van der Waals surface area contributed by atoms with Gasteiger partial charge in [-0.05, 0) is 38.4 Å². The second kappa shape index (κ2) is 5.17. The quantitative estimate of drug-likeness (QED) is 0.906. The number of rotatable bonds is 3. The summed E-state index contributed by atoms with van der Waals surface area (Å²) in [6.45, 7) is 2.45. The maximum absolute atomic E-state index is 14.9. The van der Waals surface area contributed by atoms with Gasteiger partial charge in [-0.15, -0.1) is 0 Å². The van der Waals surface area contributed by atoms with Crippen molar-refractivity contribution in [1.82, 2.24) is 5.32 Å². The van der Waals surface area contributed by atoms with Gasteiger partial charge >= 0.3 is 0 Å². The van der Waals surface area contributed by atoms with Crippen molar-refractivity contribution in [2.24, 2.45) is 0 Å². The number of hydrogen-bond donors (Lipinski definition) is 1. The molecule has 2 unspecified atom stereocenters. The van der Waals surface area contributed by atoms with Gasteiger partial charge in [0.1, 0.15) is 5.76 Å². The predicted molar refractivity (Wildman–Crippen MR) is 74.9 cm³/mol. The third-order valence-corrected chi connectivity index (χ3v) is 4.05. The molecule has 20 heavy (non-hydrogen) atoms. The number of piperidine rings is 1. The van der Waals surface area contributed by atoms with Crippen LogP contribution in [-0.4, -0.2) is 12.6 Å². The Hall–Kier alpha value is -1.42. The van der Waals surface area contributed by atoms with Crippen LogP contribution in [0.2, 0.25) is 0 Å². The van der Waals surface area contributed by atoms with Gasteiger partial charge in [0.15, 0.2) is 17.1 Å². The third kappa shape index (κ3) is 2.57. The molecule has 0 aliphatic carbocycles. The van der Waals surface area contributed by atoms with Crippen molar-refractivity contribution in [3.8, 4) is 0 Å². The van der Waals surface area contributed by atoms with Gasteiger partial charge in [0, 0.05) is 17.8 Å². The molecule has 2 heterocycles. The number of furan rings is 1. The van der Waals surface area contributed by atoms with Crippen LogP contribution in [0.5, 0.6) is 0 Å². The number of halogens is 2. The lowest BCUT2D eigenvalue weighted by Gasteiger charge is -2.28. The molecule has 1 fully saturated rings. The van der Waals surface area contributed by atoms with Crippen molar-refractivity contribution in [1.29, 1.82) is 0 Å². The maximum atomic E-state index is 14.9. The molecule has 108 valence electrons. The van der Waals surface area contributed by atoms with Gasteiger partial charge in [0.25, 0.3) is 0 Å². The number of alkyl halides is 1. The number of hydrogen-bond acceptors (Lipinski definition) is 2. The zero-order valence-corrected chi connectivity index (χ0v) is 11.6. The lowest BCUT2D eigenvalue weighted by Crippen LogP contribution is -2.38. The average molecular weight is 279 g/mol. The van der Waals surface area contributed by atoms with Gasteiger partial charge in [-0.2, -0.15) is 0 Å². The van der Waals surface area contributed by atoms with Crippen LogP contribution in [0.1, 0.15) is 38.4 Å². The van der Waals surface area contributed by atoms with Crippen LogP contribution in [-0.2, 0) is 5.67 Å². The number of benzene rings is 1. The Morgan fingerprint density at radius 2 is 2.25 bits per heavy atom. The van der Waals surface area contributed by atoms with E-state index in [4.69, 9.17) is 4.42 Å². The summed E-state index contributed by atoms with van der Waals surface area (Å²) in [6.07, 6.45) is 3.61. The molecule has 0 spiro atoms. The lowest BCUT2D eigenvalue weighted by molar-refractivity contribution is 0.118. The molecule has 4 heteroatoms. The SMILES string of the molecule is CC(F)(CC1CCCCN1)c1cc2cccc(F)c2o1. The van der Waals surface area contributed by atoms with E-state index in [2.05, 4.69) is 5.32 Å². The highest BCUT2D eigenvalue weighted by Crippen LogP contribution is 2.36. The fourth-order valence-electron chi connectivity index (χ4n) is 2.95. The highest BCUT2D eigenvalue weighted by atomic mass is 19.1. The summed E-state index contributed by atoms with van der Waals surface area (Å²) in [6, 6.07) is 6.45. The van der Waals surface area contributed by atoms with Crippen LogP contribution >= 0.6 is 0 Å². The molecular formula is C16H19F2NO. The zero-order valence-electron chi connectivity index (χ0n) is 11.6. The van der Waals surface area contributed by atoms with E-state index >= 15 is 0 Å². The van der Waals surface area contributed by atoms with Crippen molar-refractivity contribution < 1.29 is 13.2 Å². The minimum atomic E-state index is -1.58. The topological polar surface area (TPSA) is 25.2 Å². The van der Waals surface area contributed by atoms with Crippen molar-refractivity contribution in [3.05, 3.63) is 35.8 Å². The van der Waals surface area contributed by atoms with E-state index in [9.17, 15) is 8.78 Å². The van der Waals surface area contributed by atoms with Crippen molar-refractivity contribution in [3.63, 3.8) is 0 Å². The molecule has 1 N–H and O–H groups in total. The van der Waals surface area contributed by atoms with E-state index < -0.39 is 11.5 Å². The van der Waals surface area contributed by atoms with E-state index in [1.54, 1.807) is 18.2 Å². The highest BCUT2D eigenvalue weighted by Gasteiger charge is 2.34.